The predicted molar refractivity (Wildman–Crippen MR) is 175 cm³/mol. The zero-order chi connectivity index (χ0) is 36.2. The Bertz CT molecular complexity index is 1430. The summed E-state index contributed by atoms with van der Waals surface area (Å²) >= 11 is 0. The lowest BCUT2D eigenvalue weighted by atomic mass is 9.41. The summed E-state index contributed by atoms with van der Waals surface area (Å²) < 4.78 is 36.2. The zero-order valence-electron chi connectivity index (χ0n) is 30.8. The molecule has 0 radical (unpaired) electrons. The second-order valence-electron chi connectivity index (χ2n) is 19.2. The van der Waals surface area contributed by atoms with E-state index in [-0.39, 0.29) is 58.1 Å². The molecule has 5 aliphatic carbocycles. The van der Waals surface area contributed by atoms with Crippen LogP contribution in [0, 0.1) is 50.7 Å². The molecule has 3 saturated heterocycles. The largest absolute Gasteiger partial charge is 0.510 e. The molecule has 0 aromatic carbocycles. The SMILES string of the molecule is CC(=O)OC(C)(C)[C@H]1O[C@@]23O[C@@H]1C[C@@H](C)[C@@H]2[C@@]1(C)CC[C@@]24C[C@@]25CC[C@H](OC(=O)O[C@H]2OC[C@@H](O)[C@@H](O)[C@@H]2O)C(C)(C)[C@@H]5CC[C@H]4[C@]1(C)[C@H]3O. The molecule has 3 spiro atoms. The lowest BCUT2D eigenvalue weighted by Gasteiger charge is -2.63. The Labute approximate surface area is 294 Å². The van der Waals surface area contributed by atoms with Gasteiger partial charge in [0.2, 0.25) is 6.29 Å². The second-order valence-corrected chi connectivity index (χ2v) is 19.2. The van der Waals surface area contributed by atoms with Crippen LogP contribution in [-0.4, -0.2) is 99.6 Å². The summed E-state index contributed by atoms with van der Waals surface area (Å²) in [6.07, 6.45) is -1.33. The highest BCUT2D eigenvalue weighted by molar-refractivity contribution is 5.66. The Morgan fingerprint density at radius 2 is 1.54 bits per heavy atom. The van der Waals surface area contributed by atoms with Crippen molar-refractivity contribution < 1.29 is 58.4 Å². The highest BCUT2D eigenvalue weighted by atomic mass is 16.8. The quantitative estimate of drug-likeness (QED) is 0.312. The van der Waals surface area contributed by atoms with Crippen molar-refractivity contribution in [1.29, 1.82) is 0 Å². The summed E-state index contributed by atoms with van der Waals surface area (Å²) in [5, 5.41) is 42.8. The maximum absolute atomic E-state index is 13.0. The van der Waals surface area contributed by atoms with Gasteiger partial charge in [0.25, 0.3) is 0 Å². The number of aliphatic hydroxyl groups is 4. The molecule has 5 saturated carbocycles. The van der Waals surface area contributed by atoms with Gasteiger partial charge >= 0.3 is 12.1 Å². The molecule has 17 atom stereocenters. The number of esters is 1. The van der Waals surface area contributed by atoms with Crippen molar-refractivity contribution >= 4 is 12.1 Å². The van der Waals surface area contributed by atoms with Gasteiger partial charge in [0, 0.05) is 23.7 Å². The lowest BCUT2D eigenvalue weighted by molar-refractivity contribution is -0.283. The second kappa shape index (κ2) is 10.8. The molecule has 12 heteroatoms. The number of rotatable bonds is 4. The van der Waals surface area contributed by atoms with E-state index in [0.717, 1.165) is 44.9 Å². The van der Waals surface area contributed by atoms with E-state index in [1.807, 2.05) is 13.8 Å². The Morgan fingerprint density at radius 1 is 0.860 bits per heavy atom. The third-order valence-electron chi connectivity index (χ3n) is 16.4. The van der Waals surface area contributed by atoms with Crippen LogP contribution in [0.25, 0.3) is 0 Å². The summed E-state index contributed by atoms with van der Waals surface area (Å²) in [6, 6.07) is 0. The Morgan fingerprint density at radius 3 is 2.24 bits per heavy atom. The summed E-state index contributed by atoms with van der Waals surface area (Å²) in [4.78, 5) is 25.1. The van der Waals surface area contributed by atoms with E-state index in [4.69, 9.17) is 28.4 Å². The monoisotopic (exact) mass is 706 g/mol. The summed E-state index contributed by atoms with van der Waals surface area (Å²) in [7, 11) is 0. The number of aliphatic hydroxyl groups excluding tert-OH is 4. The number of carbonyl (C=O) groups excluding carboxylic acids is 2. The van der Waals surface area contributed by atoms with Crippen LogP contribution >= 0.6 is 0 Å². The third-order valence-corrected chi connectivity index (χ3v) is 16.4. The normalized spacial score (nSPS) is 55.8. The average molecular weight is 707 g/mol. The molecule has 0 aromatic heterocycles. The summed E-state index contributed by atoms with van der Waals surface area (Å²) in [6.45, 7) is 16.3. The van der Waals surface area contributed by atoms with Crippen LogP contribution < -0.4 is 0 Å². The van der Waals surface area contributed by atoms with Gasteiger partial charge in [0.1, 0.15) is 42.2 Å². The Hall–Kier alpha value is -1.54. The third kappa shape index (κ3) is 4.24. The summed E-state index contributed by atoms with van der Waals surface area (Å²) in [5.41, 5.74) is -1.81. The topological polar surface area (TPSA) is 170 Å². The molecule has 3 aliphatic heterocycles. The van der Waals surface area contributed by atoms with E-state index in [0.29, 0.717) is 12.3 Å². The van der Waals surface area contributed by atoms with Crippen molar-refractivity contribution in [2.75, 3.05) is 6.61 Å². The van der Waals surface area contributed by atoms with Crippen molar-refractivity contribution in [1.82, 2.24) is 0 Å². The van der Waals surface area contributed by atoms with E-state index in [2.05, 4.69) is 34.6 Å². The molecule has 50 heavy (non-hydrogen) atoms. The van der Waals surface area contributed by atoms with Crippen molar-refractivity contribution in [3.05, 3.63) is 0 Å². The van der Waals surface area contributed by atoms with Crippen LogP contribution in [0.5, 0.6) is 0 Å². The van der Waals surface area contributed by atoms with Crippen molar-refractivity contribution in [2.24, 2.45) is 50.7 Å². The maximum Gasteiger partial charge on any atom is 0.510 e. The first-order valence-corrected chi connectivity index (χ1v) is 19.0. The van der Waals surface area contributed by atoms with E-state index in [1.54, 1.807) is 0 Å². The molecule has 4 N–H and O–H groups in total. The fourth-order valence-electron chi connectivity index (χ4n) is 14.4. The fraction of sp³-hybridized carbons (Fsp3) is 0.947. The molecule has 12 nitrogen and oxygen atoms in total. The fourth-order valence-corrected chi connectivity index (χ4v) is 14.4. The number of ether oxygens (including phenoxy) is 6. The van der Waals surface area contributed by atoms with E-state index >= 15 is 0 Å². The highest BCUT2D eigenvalue weighted by Gasteiger charge is 2.88. The molecule has 8 rings (SSSR count). The molecule has 0 aromatic rings. The standard InChI is InChI=1S/C38H58O12/c1-18-15-21-28(33(5,6)48-19(2)39)50-38(49-21)27(18)34(7)13-14-37-17-36(37)12-11-24(46-31(44)47-29-26(42)25(41)20(40)16-45-29)32(3,4)22(36)9-10-23(37)35(34,8)30(38)43/h18,20-30,40-43H,9-17H2,1-8H3/t18-,20-,21-,22+,23+,24+,25-,26+,27-,28+,29-,30-,34-,35-,36-,37+,38+/m1/s1. The molecule has 0 unspecified atom stereocenters. The Balaban J connectivity index is 1.04. The first-order valence-electron chi connectivity index (χ1n) is 19.0. The maximum atomic E-state index is 13.0. The number of carbonyl (C=O) groups is 2. The van der Waals surface area contributed by atoms with Gasteiger partial charge in [-0.2, -0.15) is 0 Å². The van der Waals surface area contributed by atoms with Crippen LogP contribution in [0.4, 0.5) is 4.79 Å². The lowest BCUT2D eigenvalue weighted by Crippen LogP contribution is -2.60. The predicted octanol–water partition coefficient (Wildman–Crippen LogP) is 3.83. The van der Waals surface area contributed by atoms with Gasteiger partial charge in [-0.1, -0.05) is 34.6 Å². The van der Waals surface area contributed by atoms with Gasteiger partial charge < -0.3 is 48.8 Å². The van der Waals surface area contributed by atoms with E-state index in [1.165, 1.54) is 6.92 Å². The van der Waals surface area contributed by atoms with Crippen LogP contribution in [0.1, 0.15) is 107 Å². The number of hydrogen-bond acceptors (Lipinski definition) is 12. The molecule has 2 bridgehead atoms. The minimum absolute atomic E-state index is 0.00298. The minimum atomic E-state index is -1.58. The van der Waals surface area contributed by atoms with Crippen molar-refractivity contribution in [2.45, 2.75) is 167 Å². The van der Waals surface area contributed by atoms with Gasteiger partial charge in [0.05, 0.1) is 12.7 Å². The smallest absolute Gasteiger partial charge is 0.457 e. The van der Waals surface area contributed by atoms with Gasteiger partial charge in [0.15, 0.2) is 5.79 Å². The highest BCUT2D eigenvalue weighted by Crippen LogP contribution is 2.90. The first kappa shape index (κ1) is 35.5. The molecule has 3 heterocycles. The number of fused-ring (bicyclic) bond motifs is 4. The minimum Gasteiger partial charge on any atom is -0.457 e. The van der Waals surface area contributed by atoms with Gasteiger partial charge in [-0.05, 0) is 99.2 Å². The molecule has 8 aliphatic rings. The average Bonchev–Trinajstić information content (AvgIpc) is 3.54. The van der Waals surface area contributed by atoms with Crippen molar-refractivity contribution in [3.8, 4) is 0 Å². The van der Waals surface area contributed by atoms with Gasteiger partial charge in [-0.25, -0.2) is 4.79 Å². The van der Waals surface area contributed by atoms with E-state index < -0.39 is 65.9 Å². The van der Waals surface area contributed by atoms with Crippen LogP contribution in [0.2, 0.25) is 0 Å². The Kier molecular flexibility index (Phi) is 7.65. The van der Waals surface area contributed by atoms with Gasteiger partial charge in [-0.15, -0.1) is 0 Å². The van der Waals surface area contributed by atoms with E-state index in [9.17, 15) is 30.0 Å². The van der Waals surface area contributed by atoms with Crippen molar-refractivity contribution in [3.63, 3.8) is 0 Å². The van der Waals surface area contributed by atoms with Crippen LogP contribution in [0.3, 0.4) is 0 Å². The molecule has 282 valence electrons. The molecule has 0 amide bonds. The summed E-state index contributed by atoms with van der Waals surface area (Å²) in [5.74, 6) is -0.703. The van der Waals surface area contributed by atoms with Crippen LogP contribution in [-0.2, 0) is 33.2 Å². The van der Waals surface area contributed by atoms with Gasteiger partial charge in [-0.3, -0.25) is 4.79 Å². The molecular formula is C38H58O12. The molecular weight excluding hydrogens is 648 g/mol. The first-order chi connectivity index (χ1) is 23.2. The number of hydrogen-bond donors (Lipinski definition) is 4. The van der Waals surface area contributed by atoms with Crippen LogP contribution in [0.15, 0.2) is 0 Å². The molecule has 8 fully saturated rings. The zero-order valence-corrected chi connectivity index (χ0v) is 30.8.